The predicted molar refractivity (Wildman–Crippen MR) is 72.3 cm³/mol. The molecule has 1 aromatic carbocycles. The lowest BCUT2D eigenvalue weighted by molar-refractivity contribution is 0.0753. The van der Waals surface area contributed by atoms with Gasteiger partial charge in [0.25, 0.3) is 5.91 Å². The van der Waals surface area contributed by atoms with Crippen LogP contribution < -0.4 is 0 Å². The lowest BCUT2D eigenvalue weighted by Gasteiger charge is -2.22. The number of carbonyl (C=O) groups is 1. The van der Waals surface area contributed by atoms with Gasteiger partial charge in [0.15, 0.2) is 0 Å². The quantitative estimate of drug-likeness (QED) is 0.734. The molecule has 0 saturated carbocycles. The average Bonchev–Trinajstić information content (AvgIpc) is 2.34. The molecule has 1 rings (SSSR count). The molecule has 0 bridgehead atoms. The van der Waals surface area contributed by atoms with E-state index in [1.807, 2.05) is 36.1 Å². The predicted octanol–water partition coefficient (Wildman–Crippen LogP) is 3.65. The Bertz CT molecular complexity index is 342. The molecule has 0 heterocycles. The first kappa shape index (κ1) is 13.8. The molecule has 0 aliphatic heterocycles. The Morgan fingerprint density at radius 2 is 1.71 bits per heavy atom. The number of unbranched alkanes of at least 4 members (excludes halogenated alkanes) is 1. The zero-order chi connectivity index (χ0) is 12.7. The third kappa shape index (κ3) is 4.22. The van der Waals surface area contributed by atoms with Crippen molar-refractivity contribution in [2.45, 2.75) is 40.0 Å². The van der Waals surface area contributed by atoms with E-state index in [4.69, 9.17) is 0 Å². The lowest BCUT2D eigenvalue weighted by atomic mass is 10.1. The van der Waals surface area contributed by atoms with Crippen LogP contribution in [0.25, 0.3) is 0 Å². The van der Waals surface area contributed by atoms with Crippen molar-refractivity contribution in [1.29, 1.82) is 0 Å². The number of benzene rings is 1. The first-order valence-corrected chi connectivity index (χ1v) is 6.55. The van der Waals surface area contributed by atoms with Crippen molar-refractivity contribution in [1.82, 2.24) is 4.90 Å². The summed E-state index contributed by atoms with van der Waals surface area (Å²) in [5, 5.41) is 0. The lowest BCUT2D eigenvalue weighted by Crippen LogP contribution is -2.32. The second-order valence-corrected chi connectivity index (χ2v) is 4.51. The molecule has 0 N–H and O–H groups in total. The van der Waals surface area contributed by atoms with Crippen LogP contribution in [0.15, 0.2) is 24.3 Å². The zero-order valence-electron chi connectivity index (χ0n) is 11.2. The van der Waals surface area contributed by atoms with Crippen LogP contribution in [0.4, 0.5) is 0 Å². The molecule has 0 fully saturated rings. The van der Waals surface area contributed by atoms with E-state index in [1.54, 1.807) is 0 Å². The second kappa shape index (κ2) is 7.10. The minimum Gasteiger partial charge on any atom is -0.339 e. The van der Waals surface area contributed by atoms with Crippen LogP contribution in [0.2, 0.25) is 0 Å². The van der Waals surface area contributed by atoms with Crippen LogP contribution in [-0.2, 0) is 0 Å². The Labute approximate surface area is 105 Å². The summed E-state index contributed by atoms with van der Waals surface area (Å²) in [5.74, 6) is 0.167. The molecule has 0 spiro atoms. The largest absolute Gasteiger partial charge is 0.339 e. The highest BCUT2D eigenvalue weighted by Gasteiger charge is 2.13. The number of aryl methyl sites for hydroxylation is 1. The van der Waals surface area contributed by atoms with Gasteiger partial charge in [-0.15, -0.1) is 0 Å². The monoisotopic (exact) mass is 233 g/mol. The summed E-state index contributed by atoms with van der Waals surface area (Å²) in [6.45, 7) is 8.03. The smallest absolute Gasteiger partial charge is 0.253 e. The molecule has 0 aromatic heterocycles. The van der Waals surface area contributed by atoms with E-state index in [0.29, 0.717) is 0 Å². The number of nitrogens with zero attached hydrogens (tertiary/aromatic N) is 1. The number of hydrogen-bond acceptors (Lipinski definition) is 1. The van der Waals surface area contributed by atoms with Crippen molar-refractivity contribution in [2.75, 3.05) is 13.1 Å². The maximum absolute atomic E-state index is 12.3. The van der Waals surface area contributed by atoms with E-state index < -0.39 is 0 Å². The second-order valence-electron chi connectivity index (χ2n) is 4.51. The molecule has 0 unspecified atom stereocenters. The van der Waals surface area contributed by atoms with E-state index in [2.05, 4.69) is 13.8 Å². The fourth-order valence-corrected chi connectivity index (χ4v) is 1.81. The normalized spacial score (nSPS) is 10.3. The molecular weight excluding hydrogens is 210 g/mol. The van der Waals surface area contributed by atoms with Crippen molar-refractivity contribution in [3.05, 3.63) is 35.4 Å². The van der Waals surface area contributed by atoms with Crippen LogP contribution >= 0.6 is 0 Å². The number of hydrogen-bond donors (Lipinski definition) is 0. The van der Waals surface area contributed by atoms with Gasteiger partial charge < -0.3 is 4.90 Å². The van der Waals surface area contributed by atoms with Crippen molar-refractivity contribution in [2.24, 2.45) is 0 Å². The van der Waals surface area contributed by atoms with Gasteiger partial charge in [0.1, 0.15) is 0 Å². The summed E-state index contributed by atoms with van der Waals surface area (Å²) in [5.41, 5.74) is 2.00. The minimum atomic E-state index is 0.167. The summed E-state index contributed by atoms with van der Waals surface area (Å²) in [6, 6.07) is 7.84. The van der Waals surface area contributed by atoms with Crippen LogP contribution in [0.1, 0.15) is 49.0 Å². The highest BCUT2D eigenvalue weighted by atomic mass is 16.2. The van der Waals surface area contributed by atoms with Crippen LogP contribution in [-0.4, -0.2) is 23.9 Å². The maximum Gasteiger partial charge on any atom is 0.253 e. The molecule has 2 nitrogen and oxygen atoms in total. The summed E-state index contributed by atoms with van der Waals surface area (Å²) >= 11 is 0. The highest BCUT2D eigenvalue weighted by Crippen LogP contribution is 2.08. The van der Waals surface area contributed by atoms with Crippen molar-refractivity contribution >= 4 is 5.91 Å². The molecular formula is C15H23NO. The van der Waals surface area contributed by atoms with E-state index in [-0.39, 0.29) is 5.91 Å². The Balaban J connectivity index is 2.72. The SMILES string of the molecule is CCCCN(CCC)C(=O)c1ccc(C)cc1. The van der Waals surface area contributed by atoms with Crippen LogP contribution in [0, 0.1) is 6.92 Å². The molecule has 0 aliphatic rings. The van der Waals surface area contributed by atoms with Crippen molar-refractivity contribution in [3.8, 4) is 0 Å². The zero-order valence-corrected chi connectivity index (χ0v) is 11.2. The third-order valence-corrected chi connectivity index (χ3v) is 2.86. The fourth-order valence-electron chi connectivity index (χ4n) is 1.81. The third-order valence-electron chi connectivity index (χ3n) is 2.86. The number of rotatable bonds is 6. The first-order chi connectivity index (χ1) is 8.19. The van der Waals surface area contributed by atoms with Crippen LogP contribution in [0.3, 0.4) is 0 Å². The van der Waals surface area contributed by atoms with E-state index >= 15 is 0 Å². The molecule has 0 atom stereocenters. The van der Waals surface area contributed by atoms with Gasteiger partial charge in [-0.1, -0.05) is 38.0 Å². The van der Waals surface area contributed by atoms with Gasteiger partial charge in [0.2, 0.25) is 0 Å². The fraction of sp³-hybridized carbons (Fsp3) is 0.533. The first-order valence-electron chi connectivity index (χ1n) is 6.55. The van der Waals surface area contributed by atoms with Crippen molar-refractivity contribution in [3.63, 3.8) is 0 Å². The van der Waals surface area contributed by atoms with Gasteiger partial charge in [-0.2, -0.15) is 0 Å². The van der Waals surface area contributed by atoms with Gasteiger partial charge in [0.05, 0.1) is 0 Å². The van der Waals surface area contributed by atoms with Gasteiger partial charge >= 0.3 is 0 Å². The Hall–Kier alpha value is -1.31. The van der Waals surface area contributed by atoms with E-state index in [9.17, 15) is 4.79 Å². The standard InChI is InChI=1S/C15H23NO/c1-4-6-12-16(11-5-2)15(17)14-9-7-13(3)8-10-14/h7-10H,4-6,11-12H2,1-3H3. The van der Waals surface area contributed by atoms with Gasteiger partial charge in [-0.25, -0.2) is 0 Å². The average molecular weight is 233 g/mol. The topological polar surface area (TPSA) is 20.3 Å². The molecule has 0 aliphatic carbocycles. The Kier molecular flexibility index (Phi) is 5.75. The summed E-state index contributed by atoms with van der Waals surface area (Å²) in [4.78, 5) is 14.2. The molecule has 1 aromatic rings. The molecule has 17 heavy (non-hydrogen) atoms. The molecule has 1 amide bonds. The molecule has 94 valence electrons. The highest BCUT2D eigenvalue weighted by molar-refractivity contribution is 5.94. The van der Waals surface area contributed by atoms with Gasteiger partial charge in [-0.05, 0) is 31.9 Å². The molecule has 0 radical (unpaired) electrons. The number of carbonyl (C=O) groups excluding carboxylic acids is 1. The maximum atomic E-state index is 12.3. The van der Waals surface area contributed by atoms with E-state index in [1.165, 1.54) is 5.56 Å². The van der Waals surface area contributed by atoms with E-state index in [0.717, 1.165) is 37.9 Å². The Morgan fingerprint density at radius 3 is 2.24 bits per heavy atom. The molecule has 0 saturated heterocycles. The summed E-state index contributed by atoms with van der Waals surface area (Å²) < 4.78 is 0. The summed E-state index contributed by atoms with van der Waals surface area (Å²) in [7, 11) is 0. The Morgan fingerprint density at radius 1 is 1.06 bits per heavy atom. The van der Waals surface area contributed by atoms with Gasteiger partial charge in [-0.3, -0.25) is 4.79 Å². The van der Waals surface area contributed by atoms with Gasteiger partial charge in [0, 0.05) is 18.7 Å². The van der Waals surface area contributed by atoms with Crippen molar-refractivity contribution < 1.29 is 4.79 Å². The van der Waals surface area contributed by atoms with Crippen LogP contribution in [0.5, 0.6) is 0 Å². The number of amides is 1. The minimum absolute atomic E-state index is 0.167. The summed E-state index contributed by atoms with van der Waals surface area (Å²) in [6.07, 6.45) is 3.22. The molecule has 2 heteroatoms.